The molecule has 3 rings (SSSR count). The number of benzene rings is 1. The maximum Gasteiger partial charge on any atom is 0.243 e. The highest BCUT2D eigenvalue weighted by Crippen LogP contribution is 2.29. The Labute approximate surface area is 145 Å². The van der Waals surface area contributed by atoms with Crippen molar-refractivity contribution in [1.82, 2.24) is 9.21 Å². The fourth-order valence-corrected chi connectivity index (χ4v) is 5.05. The minimum absolute atomic E-state index is 0.373. The highest BCUT2D eigenvalue weighted by Gasteiger charge is 2.27. The minimum Gasteiger partial charge on any atom is -0.379 e. The van der Waals surface area contributed by atoms with E-state index in [2.05, 4.69) is 18.7 Å². The van der Waals surface area contributed by atoms with E-state index in [-0.39, 0.29) is 0 Å². The van der Waals surface area contributed by atoms with Crippen molar-refractivity contribution in [2.75, 3.05) is 39.4 Å². The molecule has 0 unspecified atom stereocenters. The normalized spacial score (nSPS) is 23.2. The highest BCUT2D eigenvalue weighted by atomic mass is 32.2. The van der Waals surface area contributed by atoms with E-state index < -0.39 is 10.0 Å². The first-order chi connectivity index (χ1) is 11.4. The lowest BCUT2D eigenvalue weighted by molar-refractivity contribution is 0.0730. The number of piperidine rings is 1. The molecule has 0 bridgehead atoms. The Morgan fingerprint density at radius 2 is 1.75 bits per heavy atom. The fourth-order valence-electron chi connectivity index (χ4n) is 3.64. The van der Waals surface area contributed by atoms with Gasteiger partial charge in [0.05, 0.1) is 18.1 Å². The van der Waals surface area contributed by atoms with Crippen molar-refractivity contribution >= 4 is 10.0 Å². The van der Waals surface area contributed by atoms with E-state index in [9.17, 15) is 8.42 Å². The molecule has 0 amide bonds. The van der Waals surface area contributed by atoms with Crippen LogP contribution in [0.4, 0.5) is 0 Å². The summed E-state index contributed by atoms with van der Waals surface area (Å²) in [6, 6.07) is 7.40. The Hall–Kier alpha value is -0.950. The molecule has 0 atom stereocenters. The van der Waals surface area contributed by atoms with Crippen LogP contribution in [0.15, 0.2) is 29.2 Å². The molecule has 0 aliphatic carbocycles. The zero-order valence-electron chi connectivity index (χ0n) is 14.7. The Morgan fingerprint density at radius 3 is 2.38 bits per heavy atom. The molecular formula is C18H28N2O3S. The van der Waals surface area contributed by atoms with Crippen LogP contribution in [0.5, 0.6) is 0 Å². The van der Waals surface area contributed by atoms with Gasteiger partial charge in [-0.2, -0.15) is 4.31 Å². The molecule has 2 fully saturated rings. The van der Waals surface area contributed by atoms with Crippen molar-refractivity contribution in [2.24, 2.45) is 5.41 Å². The topological polar surface area (TPSA) is 49.9 Å². The average molecular weight is 353 g/mol. The lowest BCUT2D eigenvalue weighted by Gasteiger charge is -2.38. The van der Waals surface area contributed by atoms with Crippen molar-refractivity contribution in [3.8, 4) is 0 Å². The lowest BCUT2D eigenvalue weighted by Crippen LogP contribution is -2.40. The van der Waals surface area contributed by atoms with Gasteiger partial charge in [-0.1, -0.05) is 26.0 Å². The lowest BCUT2D eigenvalue weighted by atomic mass is 9.84. The molecule has 1 aromatic rings. The number of ether oxygens (including phenoxy) is 1. The second-order valence-corrected chi connectivity index (χ2v) is 9.58. The summed E-state index contributed by atoms with van der Waals surface area (Å²) in [7, 11) is -3.39. The summed E-state index contributed by atoms with van der Waals surface area (Å²) in [5.41, 5.74) is 1.55. The van der Waals surface area contributed by atoms with Crippen LogP contribution in [-0.4, -0.2) is 57.0 Å². The second kappa shape index (κ2) is 7.12. The molecular weight excluding hydrogens is 324 g/mol. The van der Waals surface area contributed by atoms with Crippen molar-refractivity contribution < 1.29 is 13.2 Å². The first-order valence-electron chi connectivity index (χ1n) is 8.76. The van der Waals surface area contributed by atoms with Gasteiger partial charge in [0.1, 0.15) is 0 Å². The van der Waals surface area contributed by atoms with Crippen molar-refractivity contribution in [2.45, 2.75) is 38.1 Å². The zero-order chi connectivity index (χ0) is 17.2. The van der Waals surface area contributed by atoms with Crippen molar-refractivity contribution in [3.63, 3.8) is 0 Å². The third-order valence-electron chi connectivity index (χ3n) is 4.92. The minimum atomic E-state index is -3.39. The summed E-state index contributed by atoms with van der Waals surface area (Å²) < 4.78 is 32.0. The molecule has 2 aliphatic rings. The Balaban J connectivity index is 1.67. The van der Waals surface area contributed by atoms with Gasteiger partial charge in [0.2, 0.25) is 10.0 Å². The molecule has 24 heavy (non-hydrogen) atoms. The summed E-state index contributed by atoms with van der Waals surface area (Å²) in [6.45, 7) is 9.57. The summed E-state index contributed by atoms with van der Waals surface area (Å²) in [6.07, 6.45) is 2.51. The fraction of sp³-hybridized carbons (Fsp3) is 0.667. The standard InChI is InChI=1S/C18H28N2O3S/c1-18(2)8-3-9-19(15-18)14-16-4-6-17(7-5-16)24(21,22)20-10-12-23-13-11-20/h4-7H,3,8-15H2,1-2H3. The van der Waals surface area contributed by atoms with E-state index in [1.807, 2.05) is 12.1 Å². The van der Waals surface area contributed by atoms with E-state index in [1.54, 1.807) is 12.1 Å². The van der Waals surface area contributed by atoms with E-state index >= 15 is 0 Å². The molecule has 1 aromatic carbocycles. The number of sulfonamides is 1. The van der Waals surface area contributed by atoms with Crippen LogP contribution in [0.3, 0.4) is 0 Å². The number of hydrogen-bond donors (Lipinski definition) is 0. The van der Waals surface area contributed by atoms with E-state index in [0.717, 1.165) is 19.6 Å². The maximum atomic E-state index is 12.6. The SMILES string of the molecule is CC1(C)CCCN(Cc2ccc(S(=O)(=O)N3CCOCC3)cc2)C1. The van der Waals surface area contributed by atoms with Gasteiger partial charge in [-0.15, -0.1) is 0 Å². The molecule has 0 radical (unpaired) electrons. The van der Waals surface area contributed by atoms with Gasteiger partial charge in [0, 0.05) is 26.2 Å². The molecule has 2 saturated heterocycles. The van der Waals surface area contributed by atoms with Crippen LogP contribution in [0, 0.1) is 5.41 Å². The van der Waals surface area contributed by atoms with Gasteiger partial charge in [0.25, 0.3) is 0 Å². The van der Waals surface area contributed by atoms with E-state index in [0.29, 0.717) is 36.6 Å². The van der Waals surface area contributed by atoms with Gasteiger partial charge < -0.3 is 4.74 Å². The van der Waals surface area contributed by atoms with Gasteiger partial charge in [-0.25, -0.2) is 8.42 Å². The third kappa shape index (κ3) is 4.17. The summed E-state index contributed by atoms with van der Waals surface area (Å²) in [5.74, 6) is 0. The molecule has 0 N–H and O–H groups in total. The Kier molecular flexibility index (Phi) is 5.30. The highest BCUT2D eigenvalue weighted by molar-refractivity contribution is 7.89. The number of morpholine rings is 1. The third-order valence-corrected chi connectivity index (χ3v) is 6.83. The van der Waals surface area contributed by atoms with Crippen LogP contribution in [0.1, 0.15) is 32.3 Å². The Morgan fingerprint density at radius 1 is 1.08 bits per heavy atom. The molecule has 6 heteroatoms. The predicted octanol–water partition coefficient (Wildman–Crippen LogP) is 2.33. The zero-order valence-corrected chi connectivity index (χ0v) is 15.5. The molecule has 134 valence electrons. The summed E-state index contributed by atoms with van der Waals surface area (Å²) >= 11 is 0. The number of hydrogen-bond acceptors (Lipinski definition) is 4. The number of rotatable bonds is 4. The molecule has 2 heterocycles. The summed E-state index contributed by atoms with van der Waals surface area (Å²) in [4.78, 5) is 2.85. The molecule has 5 nitrogen and oxygen atoms in total. The van der Waals surface area contributed by atoms with Crippen LogP contribution < -0.4 is 0 Å². The van der Waals surface area contributed by atoms with Gasteiger partial charge in [-0.05, 0) is 42.5 Å². The van der Waals surface area contributed by atoms with Gasteiger partial charge in [0.15, 0.2) is 0 Å². The Bertz CT molecular complexity index is 649. The first kappa shape index (κ1) is 17.9. The quantitative estimate of drug-likeness (QED) is 0.834. The van der Waals surface area contributed by atoms with Crippen molar-refractivity contribution in [3.05, 3.63) is 29.8 Å². The van der Waals surface area contributed by atoms with Gasteiger partial charge >= 0.3 is 0 Å². The number of nitrogens with zero attached hydrogens (tertiary/aromatic N) is 2. The monoisotopic (exact) mass is 352 g/mol. The maximum absolute atomic E-state index is 12.6. The van der Waals surface area contributed by atoms with E-state index in [4.69, 9.17) is 4.74 Å². The van der Waals surface area contributed by atoms with Crippen LogP contribution in [-0.2, 0) is 21.3 Å². The van der Waals surface area contributed by atoms with Crippen LogP contribution in [0.25, 0.3) is 0 Å². The average Bonchev–Trinajstić information content (AvgIpc) is 2.55. The van der Waals surface area contributed by atoms with Gasteiger partial charge in [-0.3, -0.25) is 4.90 Å². The predicted molar refractivity (Wildman–Crippen MR) is 94.3 cm³/mol. The van der Waals surface area contributed by atoms with Crippen molar-refractivity contribution in [1.29, 1.82) is 0 Å². The molecule has 0 saturated carbocycles. The first-order valence-corrected chi connectivity index (χ1v) is 10.2. The van der Waals surface area contributed by atoms with Crippen LogP contribution >= 0.6 is 0 Å². The smallest absolute Gasteiger partial charge is 0.243 e. The molecule has 2 aliphatic heterocycles. The summed E-state index contributed by atoms with van der Waals surface area (Å²) in [5, 5.41) is 0. The number of likely N-dealkylation sites (tertiary alicyclic amines) is 1. The van der Waals surface area contributed by atoms with Crippen LogP contribution in [0.2, 0.25) is 0 Å². The molecule has 0 spiro atoms. The second-order valence-electron chi connectivity index (χ2n) is 7.64. The van der Waals surface area contributed by atoms with E-state index in [1.165, 1.54) is 22.7 Å². The molecule has 0 aromatic heterocycles. The largest absolute Gasteiger partial charge is 0.379 e.